The molecule has 0 aliphatic rings. The highest BCUT2D eigenvalue weighted by Gasteiger charge is 2.05. The van der Waals surface area contributed by atoms with E-state index in [2.05, 4.69) is 4.74 Å². The molecule has 72 valence electrons. The van der Waals surface area contributed by atoms with Crippen LogP contribution in [-0.2, 0) is 18.6 Å². The molecule has 0 amide bonds. The summed E-state index contributed by atoms with van der Waals surface area (Å²) < 4.78 is 20.4. The third-order valence-corrected chi connectivity index (χ3v) is 2.41. The first kappa shape index (κ1) is 11.7. The van der Waals surface area contributed by atoms with Gasteiger partial charge in [-0.1, -0.05) is 0 Å². The highest BCUT2D eigenvalue weighted by atomic mass is 31.1. The molecule has 5 heteroatoms. The van der Waals surface area contributed by atoms with Gasteiger partial charge in [-0.2, -0.15) is 0 Å². The zero-order valence-electron chi connectivity index (χ0n) is 7.46. The number of ether oxygens (including phenoxy) is 1. The van der Waals surface area contributed by atoms with E-state index in [-0.39, 0.29) is 18.6 Å². The second kappa shape index (κ2) is 7.32. The van der Waals surface area contributed by atoms with E-state index in [0.717, 1.165) is 0 Å². The average Bonchev–Trinajstić information content (AvgIpc) is 2.02. The maximum atomic E-state index is 10.9. The van der Waals surface area contributed by atoms with Crippen molar-refractivity contribution in [2.24, 2.45) is 0 Å². The summed E-state index contributed by atoms with van der Waals surface area (Å²) in [5.41, 5.74) is 0. The van der Waals surface area contributed by atoms with E-state index in [9.17, 15) is 9.36 Å². The maximum Gasteiger partial charge on any atom is 0.306 e. The van der Waals surface area contributed by atoms with Crippen molar-refractivity contribution >= 4 is 14.0 Å². The van der Waals surface area contributed by atoms with E-state index < -0.39 is 8.03 Å². The van der Waals surface area contributed by atoms with Crippen molar-refractivity contribution in [2.75, 3.05) is 19.4 Å². The summed E-state index contributed by atoms with van der Waals surface area (Å²) in [5.74, 6) is -0.310. The summed E-state index contributed by atoms with van der Waals surface area (Å²) in [5, 5.41) is 0. The lowest BCUT2D eigenvalue weighted by atomic mass is 10.5. The quantitative estimate of drug-likeness (QED) is 0.474. The second-order valence-electron chi connectivity index (χ2n) is 2.11. The molecule has 0 heterocycles. The van der Waals surface area contributed by atoms with Gasteiger partial charge >= 0.3 is 5.97 Å². The van der Waals surface area contributed by atoms with Crippen molar-refractivity contribution in [3.05, 3.63) is 0 Å². The van der Waals surface area contributed by atoms with Gasteiger partial charge in [0.2, 0.25) is 0 Å². The number of esters is 1. The molecule has 0 N–H and O–H groups in total. The molecule has 0 fully saturated rings. The van der Waals surface area contributed by atoms with Crippen LogP contribution in [0.4, 0.5) is 0 Å². The smallest absolute Gasteiger partial charge is 0.306 e. The van der Waals surface area contributed by atoms with Crippen molar-refractivity contribution < 1.29 is 18.6 Å². The summed E-state index contributed by atoms with van der Waals surface area (Å²) in [7, 11) is -2.00. The highest BCUT2D eigenvalue weighted by molar-refractivity contribution is 7.39. The molecule has 4 nitrogen and oxygen atoms in total. The minimum absolute atomic E-state index is 0.186. The van der Waals surface area contributed by atoms with Crippen molar-refractivity contribution in [3.8, 4) is 0 Å². The number of carbonyl (C=O) groups excluding carboxylic acids is 1. The van der Waals surface area contributed by atoms with E-state index in [1.807, 2.05) is 0 Å². The van der Waals surface area contributed by atoms with E-state index in [4.69, 9.17) is 4.52 Å². The first-order valence-electron chi connectivity index (χ1n) is 4.02. The zero-order valence-corrected chi connectivity index (χ0v) is 8.46. The van der Waals surface area contributed by atoms with E-state index in [0.29, 0.717) is 13.2 Å². The van der Waals surface area contributed by atoms with Gasteiger partial charge in [0, 0.05) is 6.16 Å². The topological polar surface area (TPSA) is 52.6 Å². The summed E-state index contributed by atoms with van der Waals surface area (Å²) in [6.45, 7) is 4.31. The summed E-state index contributed by atoms with van der Waals surface area (Å²) in [6.07, 6.45) is 0.475. The van der Waals surface area contributed by atoms with Crippen LogP contribution < -0.4 is 0 Å². The Morgan fingerprint density at radius 3 is 2.50 bits per heavy atom. The Hall–Kier alpha value is -0.340. The summed E-state index contributed by atoms with van der Waals surface area (Å²) in [4.78, 5) is 10.8. The predicted octanol–water partition coefficient (Wildman–Crippen LogP) is 1.45. The zero-order chi connectivity index (χ0) is 9.40. The Balaban J connectivity index is 3.40. The summed E-state index contributed by atoms with van der Waals surface area (Å²) >= 11 is 0. The molecule has 0 aliphatic carbocycles. The van der Waals surface area contributed by atoms with E-state index in [1.54, 1.807) is 13.8 Å². The fourth-order valence-corrected chi connectivity index (χ4v) is 1.54. The molecule has 1 unspecified atom stereocenters. The average molecular weight is 194 g/mol. The lowest BCUT2D eigenvalue weighted by Crippen LogP contribution is -2.04. The number of rotatable bonds is 6. The monoisotopic (exact) mass is 194 g/mol. The van der Waals surface area contributed by atoms with Crippen LogP contribution in [0.15, 0.2) is 0 Å². The molecule has 0 radical (unpaired) electrons. The molecule has 0 aromatic carbocycles. The predicted molar refractivity (Wildman–Crippen MR) is 46.7 cm³/mol. The lowest BCUT2D eigenvalue weighted by Gasteiger charge is -2.01. The maximum absolute atomic E-state index is 10.9. The third kappa shape index (κ3) is 6.38. The molecule has 1 atom stereocenters. The molecule has 0 aliphatic heterocycles. The van der Waals surface area contributed by atoms with Crippen LogP contribution in [0.25, 0.3) is 0 Å². The van der Waals surface area contributed by atoms with Crippen LogP contribution >= 0.6 is 8.03 Å². The van der Waals surface area contributed by atoms with Gasteiger partial charge in [0.15, 0.2) is 8.03 Å². The van der Waals surface area contributed by atoms with Gasteiger partial charge in [0.05, 0.1) is 19.6 Å². The standard InChI is InChI=1S/C7H15O4P/c1-3-10-7(8)5-6-12(9)11-4-2/h12H,3-6H2,1-2H3. The van der Waals surface area contributed by atoms with Crippen molar-refractivity contribution in [1.29, 1.82) is 0 Å². The van der Waals surface area contributed by atoms with Crippen LogP contribution in [0, 0.1) is 0 Å². The molecule has 0 rings (SSSR count). The Kier molecular flexibility index (Phi) is 7.11. The highest BCUT2D eigenvalue weighted by Crippen LogP contribution is 2.22. The fourth-order valence-electron chi connectivity index (χ4n) is 0.670. The van der Waals surface area contributed by atoms with Crippen LogP contribution in [0.1, 0.15) is 20.3 Å². The van der Waals surface area contributed by atoms with Crippen molar-refractivity contribution in [3.63, 3.8) is 0 Å². The normalized spacial score (nSPS) is 12.5. The van der Waals surface area contributed by atoms with Crippen LogP contribution in [0.3, 0.4) is 0 Å². The molecule has 0 saturated carbocycles. The lowest BCUT2D eigenvalue weighted by molar-refractivity contribution is -0.142. The number of hydrogen-bond donors (Lipinski definition) is 0. The van der Waals surface area contributed by atoms with E-state index >= 15 is 0 Å². The van der Waals surface area contributed by atoms with Gasteiger partial charge in [-0.05, 0) is 13.8 Å². The molecular weight excluding hydrogens is 179 g/mol. The molecule has 0 bridgehead atoms. The van der Waals surface area contributed by atoms with Gasteiger partial charge in [-0.25, -0.2) is 0 Å². The Morgan fingerprint density at radius 1 is 1.33 bits per heavy atom. The Bertz CT molecular complexity index is 139. The molecule has 12 heavy (non-hydrogen) atoms. The Morgan fingerprint density at radius 2 is 2.00 bits per heavy atom. The van der Waals surface area contributed by atoms with Crippen molar-refractivity contribution in [2.45, 2.75) is 20.3 Å². The van der Waals surface area contributed by atoms with Gasteiger partial charge in [-0.3, -0.25) is 9.36 Å². The SMILES string of the molecule is CCOC(=O)CC[PH](=O)OCC. The first-order chi connectivity index (χ1) is 5.70. The van der Waals surface area contributed by atoms with Gasteiger partial charge in [0.25, 0.3) is 0 Å². The van der Waals surface area contributed by atoms with Gasteiger partial charge in [-0.15, -0.1) is 0 Å². The fraction of sp³-hybridized carbons (Fsp3) is 0.857. The molecule has 0 aromatic heterocycles. The largest absolute Gasteiger partial charge is 0.466 e. The first-order valence-corrected chi connectivity index (χ1v) is 5.54. The van der Waals surface area contributed by atoms with Gasteiger partial charge in [0.1, 0.15) is 0 Å². The third-order valence-electron chi connectivity index (χ3n) is 1.14. The Labute approximate surface area is 73.1 Å². The second-order valence-corrected chi connectivity index (χ2v) is 3.64. The molecule has 0 saturated heterocycles. The number of carbonyl (C=O) groups is 1. The van der Waals surface area contributed by atoms with Gasteiger partial charge < -0.3 is 9.26 Å². The van der Waals surface area contributed by atoms with Crippen LogP contribution in [0.2, 0.25) is 0 Å². The molecule has 0 spiro atoms. The minimum Gasteiger partial charge on any atom is -0.466 e. The van der Waals surface area contributed by atoms with Crippen molar-refractivity contribution in [1.82, 2.24) is 0 Å². The molecular formula is C7H15O4P. The van der Waals surface area contributed by atoms with E-state index in [1.165, 1.54) is 0 Å². The summed E-state index contributed by atoms with van der Waals surface area (Å²) in [6, 6.07) is 0. The van der Waals surface area contributed by atoms with Crippen LogP contribution in [-0.4, -0.2) is 25.3 Å². The minimum atomic E-state index is -2.00. The number of hydrogen-bond acceptors (Lipinski definition) is 4. The molecule has 0 aromatic rings. The van der Waals surface area contributed by atoms with Crippen LogP contribution in [0.5, 0.6) is 0 Å².